The molecule has 1 heterocycles. The highest BCUT2D eigenvalue weighted by Crippen LogP contribution is 2.08. The molecule has 1 amide bonds. The van der Waals surface area contributed by atoms with Gasteiger partial charge >= 0.3 is 5.69 Å². The van der Waals surface area contributed by atoms with Crippen LogP contribution in [0.3, 0.4) is 0 Å². The highest BCUT2D eigenvalue weighted by atomic mass is 16.6. The summed E-state index contributed by atoms with van der Waals surface area (Å²) in [6.07, 6.45) is 2.17. The lowest BCUT2D eigenvalue weighted by Crippen LogP contribution is -2.41. The van der Waals surface area contributed by atoms with Gasteiger partial charge in [0, 0.05) is 6.04 Å². The summed E-state index contributed by atoms with van der Waals surface area (Å²) >= 11 is 0. The molecule has 1 aromatic heterocycles. The smallest absolute Gasteiger partial charge is 0.305 e. The van der Waals surface area contributed by atoms with Crippen LogP contribution in [0.25, 0.3) is 0 Å². The zero-order valence-corrected chi connectivity index (χ0v) is 10.4. The largest absolute Gasteiger partial charge is 0.352 e. The van der Waals surface area contributed by atoms with Gasteiger partial charge in [-0.2, -0.15) is 0 Å². The van der Waals surface area contributed by atoms with Crippen molar-refractivity contribution >= 4 is 17.5 Å². The van der Waals surface area contributed by atoms with Gasteiger partial charge in [-0.3, -0.25) is 14.9 Å². The molecule has 18 heavy (non-hydrogen) atoms. The van der Waals surface area contributed by atoms with Gasteiger partial charge in [-0.1, -0.05) is 0 Å². The first-order valence-corrected chi connectivity index (χ1v) is 5.43. The normalized spacial score (nSPS) is 12.0. The van der Waals surface area contributed by atoms with E-state index in [4.69, 9.17) is 0 Å². The number of rotatable bonds is 5. The molecule has 1 aromatic rings. The molecule has 0 saturated heterocycles. The number of amides is 1. The quantitative estimate of drug-likeness (QED) is 0.590. The third kappa shape index (κ3) is 3.96. The van der Waals surface area contributed by atoms with Crippen LogP contribution in [0.15, 0.2) is 12.4 Å². The molecule has 98 valence electrons. The van der Waals surface area contributed by atoms with Crippen molar-refractivity contribution in [1.29, 1.82) is 0 Å². The van der Waals surface area contributed by atoms with E-state index < -0.39 is 11.0 Å². The van der Waals surface area contributed by atoms with Crippen molar-refractivity contribution in [3.8, 4) is 0 Å². The number of carbonyl (C=O) groups is 1. The Balaban J connectivity index is 2.61. The summed E-state index contributed by atoms with van der Waals surface area (Å²) in [6, 6.07) is -0.478. The second kappa shape index (κ2) is 5.89. The van der Waals surface area contributed by atoms with Crippen molar-refractivity contribution in [2.24, 2.45) is 0 Å². The van der Waals surface area contributed by atoms with Crippen LogP contribution < -0.4 is 10.6 Å². The number of hydrogen-bond donors (Lipinski definition) is 2. The fraction of sp³-hybridized carbons (Fsp3) is 0.500. The van der Waals surface area contributed by atoms with Gasteiger partial charge in [0.25, 0.3) is 0 Å². The van der Waals surface area contributed by atoms with Gasteiger partial charge in [-0.25, -0.2) is 9.97 Å². The summed E-state index contributed by atoms with van der Waals surface area (Å²) in [5.74, 6) is -0.0149. The molecule has 0 aliphatic rings. The van der Waals surface area contributed by atoms with Crippen LogP contribution in [0.2, 0.25) is 0 Å². The van der Waals surface area contributed by atoms with E-state index >= 15 is 0 Å². The molecule has 1 atom stereocenters. The Kier molecular flexibility index (Phi) is 4.52. The lowest BCUT2D eigenvalue weighted by Gasteiger charge is -2.15. The highest BCUT2D eigenvalue weighted by Gasteiger charge is 2.15. The standard InChI is InChI=1S/C10H15N5O3/c1-6(2)13-9(16)7(3)14-10-11-4-8(5-12-10)15(17)18/h4-7H,1-3H3,(H,13,16)(H,11,12,14). The first-order valence-electron chi connectivity index (χ1n) is 5.43. The van der Waals surface area contributed by atoms with Crippen molar-refractivity contribution in [2.45, 2.75) is 32.9 Å². The average molecular weight is 253 g/mol. The van der Waals surface area contributed by atoms with E-state index in [9.17, 15) is 14.9 Å². The van der Waals surface area contributed by atoms with E-state index in [1.54, 1.807) is 6.92 Å². The van der Waals surface area contributed by atoms with Gasteiger partial charge in [-0.15, -0.1) is 0 Å². The fourth-order valence-electron chi connectivity index (χ4n) is 1.16. The minimum atomic E-state index is -0.585. The predicted molar refractivity (Wildman–Crippen MR) is 65.0 cm³/mol. The van der Waals surface area contributed by atoms with Crippen LogP contribution in [0.1, 0.15) is 20.8 Å². The predicted octanol–water partition coefficient (Wildman–Crippen LogP) is 0.710. The Morgan fingerprint density at radius 3 is 2.33 bits per heavy atom. The lowest BCUT2D eigenvalue weighted by atomic mass is 10.3. The monoisotopic (exact) mass is 253 g/mol. The van der Waals surface area contributed by atoms with Crippen LogP contribution in [-0.4, -0.2) is 32.9 Å². The van der Waals surface area contributed by atoms with Crippen LogP contribution in [0.5, 0.6) is 0 Å². The molecule has 0 aliphatic heterocycles. The van der Waals surface area contributed by atoms with Crippen molar-refractivity contribution in [1.82, 2.24) is 15.3 Å². The second-order valence-corrected chi connectivity index (χ2v) is 4.05. The molecule has 0 radical (unpaired) electrons. The molecular formula is C10H15N5O3. The number of hydrogen-bond acceptors (Lipinski definition) is 6. The van der Waals surface area contributed by atoms with E-state index in [2.05, 4.69) is 20.6 Å². The maximum Gasteiger partial charge on any atom is 0.305 e. The molecule has 0 spiro atoms. The molecule has 0 aliphatic carbocycles. The van der Waals surface area contributed by atoms with E-state index in [1.165, 1.54) is 0 Å². The van der Waals surface area contributed by atoms with Gasteiger partial charge in [-0.05, 0) is 20.8 Å². The second-order valence-electron chi connectivity index (χ2n) is 4.05. The van der Waals surface area contributed by atoms with Crippen LogP contribution >= 0.6 is 0 Å². The van der Waals surface area contributed by atoms with Crippen molar-refractivity contribution in [3.63, 3.8) is 0 Å². The molecule has 0 saturated carbocycles. The molecule has 1 unspecified atom stereocenters. The number of nitrogens with one attached hydrogen (secondary N) is 2. The van der Waals surface area contributed by atoms with Gasteiger partial charge in [0.05, 0.1) is 4.92 Å². The third-order valence-electron chi connectivity index (χ3n) is 2.02. The molecule has 0 aromatic carbocycles. The molecule has 2 N–H and O–H groups in total. The van der Waals surface area contributed by atoms with E-state index in [-0.39, 0.29) is 23.6 Å². The molecule has 8 heteroatoms. The van der Waals surface area contributed by atoms with Crippen molar-refractivity contribution in [3.05, 3.63) is 22.5 Å². The fourth-order valence-corrected chi connectivity index (χ4v) is 1.16. The summed E-state index contributed by atoms with van der Waals surface area (Å²) in [6.45, 7) is 5.36. The Morgan fingerprint density at radius 1 is 1.33 bits per heavy atom. The number of carbonyl (C=O) groups excluding carboxylic acids is 1. The van der Waals surface area contributed by atoms with Gasteiger partial charge in [0.1, 0.15) is 18.4 Å². The first kappa shape index (κ1) is 13.8. The van der Waals surface area contributed by atoms with Crippen LogP contribution in [0.4, 0.5) is 11.6 Å². The molecular weight excluding hydrogens is 238 g/mol. The minimum absolute atomic E-state index is 0.0412. The van der Waals surface area contributed by atoms with Crippen LogP contribution in [-0.2, 0) is 4.79 Å². The number of anilines is 1. The lowest BCUT2D eigenvalue weighted by molar-refractivity contribution is -0.385. The topological polar surface area (TPSA) is 110 Å². The van der Waals surface area contributed by atoms with Gasteiger partial charge in [0.15, 0.2) is 0 Å². The summed E-state index contributed by atoms with van der Waals surface area (Å²) < 4.78 is 0. The first-order chi connectivity index (χ1) is 8.40. The van der Waals surface area contributed by atoms with Crippen molar-refractivity contribution < 1.29 is 9.72 Å². The van der Waals surface area contributed by atoms with E-state index in [1.807, 2.05) is 13.8 Å². The van der Waals surface area contributed by atoms with E-state index in [0.29, 0.717) is 0 Å². The SMILES string of the molecule is CC(C)NC(=O)C(C)Nc1ncc([N+](=O)[O-])cn1. The summed E-state index contributed by atoms with van der Waals surface area (Å²) in [5, 5.41) is 15.9. The minimum Gasteiger partial charge on any atom is -0.352 e. The van der Waals surface area contributed by atoms with Gasteiger partial charge in [0.2, 0.25) is 11.9 Å². The number of nitrogens with zero attached hydrogens (tertiary/aromatic N) is 3. The maximum absolute atomic E-state index is 11.6. The van der Waals surface area contributed by atoms with Crippen LogP contribution in [0, 0.1) is 10.1 Å². The molecule has 1 rings (SSSR count). The summed E-state index contributed by atoms with van der Waals surface area (Å²) in [5.41, 5.74) is -0.195. The zero-order chi connectivity index (χ0) is 13.7. The summed E-state index contributed by atoms with van der Waals surface area (Å²) in [4.78, 5) is 28.9. The highest BCUT2D eigenvalue weighted by molar-refractivity contribution is 5.83. The Morgan fingerprint density at radius 2 is 1.89 bits per heavy atom. The molecule has 0 bridgehead atoms. The number of nitro groups is 1. The zero-order valence-electron chi connectivity index (χ0n) is 10.4. The molecule has 8 nitrogen and oxygen atoms in total. The Hall–Kier alpha value is -2.25. The van der Waals surface area contributed by atoms with Crippen molar-refractivity contribution in [2.75, 3.05) is 5.32 Å². The van der Waals surface area contributed by atoms with E-state index in [0.717, 1.165) is 12.4 Å². The maximum atomic E-state index is 11.6. The third-order valence-corrected chi connectivity index (χ3v) is 2.02. The average Bonchev–Trinajstić information content (AvgIpc) is 2.28. The van der Waals surface area contributed by atoms with Gasteiger partial charge < -0.3 is 10.6 Å². The Bertz CT molecular complexity index is 432. The number of aromatic nitrogens is 2. The molecule has 0 fully saturated rings. The Labute approximate surface area is 104 Å². The summed E-state index contributed by atoms with van der Waals surface area (Å²) in [7, 11) is 0.